The molecule has 8 heteroatoms. The first-order chi connectivity index (χ1) is 17.4. The number of benzene rings is 1. The number of carbonyl (C=O) groups is 2. The number of nitrogens with zero attached hydrogens (tertiary/aromatic N) is 4. The average Bonchev–Trinajstić information content (AvgIpc) is 3.54. The lowest BCUT2D eigenvalue weighted by atomic mass is 9.91. The SMILES string of the molecule is CCN1CCCC1CN1C(=O)c2cc(-c3ccc(OC)cc3)nn2CC1(C)C(=O)NC1CCCCC1. The normalized spacial score (nSPS) is 25.1. The van der Waals surface area contributed by atoms with Gasteiger partial charge < -0.3 is 15.0 Å². The van der Waals surface area contributed by atoms with Crippen molar-refractivity contribution >= 4 is 11.8 Å². The number of hydrogen-bond acceptors (Lipinski definition) is 5. The van der Waals surface area contributed by atoms with Crippen LogP contribution in [0.25, 0.3) is 11.3 Å². The zero-order valence-corrected chi connectivity index (χ0v) is 21.8. The second-order valence-corrected chi connectivity index (χ2v) is 10.7. The molecule has 8 nitrogen and oxygen atoms in total. The molecule has 2 fully saturated rings. The van der Waals surface area contributed by atoms with Crippen molar-refractivity contribution in [1.82, 2.24) is 24.9 Å². The molecule has 2 amide bonds. The van der Waals surface area contributed by atoms with Gasteiger partial charge in [0.15, 0.2) is 0 Å². The molecular formula is C28H39N5O3. The van der Waals surface area contributed by atoms with Crippen LogP contribution in [-0.2, 0) is 11.3 Å². The molecule has 1 saturated heterocycles. The van der Waals surface area contributed by atoms with Crippen LogP contribution in [-0.4, -0.2) is 75.8 Å². The molecular weight excluding hydrogens is 454 g/mol. The van der Waals surface area contributed by atoms with Crippen LogP contribution < -0.4 is 10.1 Å². The van der Waals surface area contributed by atoms with Gasteiger partial charge in [-0.15, -0.1) is 0 Å². The minimum absolute atomic E-state index is 0.0593. The first kappa shape index (κ1) is 24.8. The summed E-state index contributed by atoms with van der Waals surface area (Å²) < 4.78 is 7.02. The van der Waals surface area contributed by atoms with Crippen molar-refractivity contribution in [3.05, 3.63) is 36.0 Å². The Morgan fingerprint density at radius 1 is 1.14 bits per heavy atom. The van der Waals surface area contributed by atoms with Gasteiger partial charge in [0.05, 0.1) is 19.3 Å². The number of fused-ring (bicyclic) bond motifs is 1. The van der Waals surface area contributed by atoms with Crippen LogP contribution in [0.1, 0.15) is 69.3 Å². The highest BCUT2D eigenvalue weighted by Crippen LogP contribution is 2.33. The van der Waals surface area contributed by atoms with Crippen LogP contribution in [0.2, 0.25) is 0 Å². The van der Waals surface area contributed by atoms with E-state index in [1.54, 1.807) is 11.8 Å². The Morgan fingerprint density at radius 3 is 2.58 bits per heavy atom. The van der Waals surface area contributed by atoms with E-state index in [2.05, 4.69) is 17.1 Å². The van der Waals surface area contributed by atoms with Crippen molar-refractivity contribution < 1.29 is 14.3 Å². The van der Waals surface area contributed by atoms with Crippen LogP contribution >= 0.6 is 0 Å². The van der Waals surface area contributed by atoms with Crippen molar-refractivity contribution in [3.63, 3.8) is 0 Å². The monoisotopic (exact) mass is 493 g/mol. The summed E-state index contributed by atoms with van der Waals surface area (Å²) in [5.74, 6) is 0.600. The summed E-state index contributed by atoms with van der Waals surface area (Å²) in [6.07, 6.45) is 7.72. The van der Waals surface area contributed by atoms with E-state index in [1.165, 1.54) is 6.42 Å². The summed E-state index contributed by atoms with van der Waals surface area (Å²) in [5, 5.41) is 8.10. The third-order valence-corrected chi connectivity index (χ3v) is 8.41. The van der Waals surface area contributed by atoms with Gasteiger partial charge in [-0.25, -0.2) is 0 Å². The highest BCUT2D eigenvalue weighted by molar-refractivity contribution is 6.00. The van der Waals surface area contributed by atoms with Crippen molar-refractivity contribution in [2.45, 2.75) is 83.0 Å². The van der Waals surface area contributed by atoms with Gasteiger partial charge in [0.25, 0.3) is 5.91 Å². The first-order valence-electron chi connectivity index (χ1n) is 13.5. The van der Waals surface area contributed by atoms with Gasteiger partial charge in [-0.05, 0) is 76.0 Å². The van der Waals surface area contributed by atoms with Gasteiger partial charge in [-0.2, -0.15) is 5.10 Å². The van der Waals surface area contributed by atoms with Crippen molar-refractivity contribution in [3.8, 4) is 17.0 Å². The Balaban J connectivity index is 1.47. The minimum atomic E-state index is -0.993. The Bertz CT molecular complexity index is 1090. The molecule has 1 aliphatic carbocycles. The number of ether oxygens (including phenoxy) is 1. The molecule has 0 radical (unpaired) electrons. The molecule has 3 heterocycles. The highest BCUT2D eigenvalue weighted by atomic mass is 16.5. The summed E-state index contributed by atoms with van der Waals surface area (Å²) >= 11 is 0. The number of likely N-dealkylation sites (tertiary alicyclic amines) is 1. The number of hydrogen-bond donors (Lipinski definition) is 1. The summed E-state index contributed by atoms with van der Waals surface area (Å²) in [7, 11) is 1.64. The molecule has 2 unspecified atom stereocenters. The lowest BCUT2D eigenvalue weighted by Crippen LogP contribution is -2.66. The minimum Gasteiger partial charge on any atom is -0.497 e. The van der Waals surface area contributed by atoms with Crippen LogP contribution in [0.3, 0.4) is 0 Å². The van der Waals surface area contributed by atoms with Crippen LogP contribution in [0.4, 0.5) is 0 Å². The standard InChI is InChI=1S/C28H39N5O3/c1-4-31-16-8-11-22(31)18-32-26(34)25-17-24(20-12-14-23(36-3)15-13-20)30-33(25)19-28(32,2)27(35)29-21-9-6-5-7-10-21/h12-15,17,21-22H,4-11,16,18-19H2,1-3H3,(H,29,35). The van der Waals surface area contributed by atoms with Gasteiger partial charge in [-0.1, -0.05) is 26.2 Å². The van der Waals surface area contributed by atoms with E-state index >= 15 is 0 Å². The van der Waals surface area contributed by atoms with Crippen molar-refractivity contribution in [2.75, 3.05) is 26.7 Å². The second kappa shape index (κ2) is 10.2. The number of nitrogens with one attached hydrogen (secondary N) is 1. The Kier molecular flexibility index (Phi) is 7.06. The predicted molar refractivity (Wildman–Crippen MR) is 139 cm³/mol. The number of carbonyl (C=O) groups excluding carboxylic acids is 2. The van der Waals surface area contributed by atoms with E-state index in [-0.39, 0.29) is 23.9 Å². The van der Waals surface area contributed by atoms with E-state index < -0.39 is 5.54 Å². The zero-order valence-electron chi connectivity index (χ0n) is 21.8. The highest BCUT2D eigenvalue weighted by Gasteiger charge is 2.49. The zero-order chi connectivity index (χ0) is 25.3. The Morgan fingerprint density at radius 2 is 1.89 bits per heavy atom. The van der Waals surface area contributed by atoms with Crippen molar-refractivity contribution in [2.24, 2.45) is 0 Å². The fourth-order valence-electron chi connectivity index (χ4n) is 6.15. The summed E-state index contributed by atoms with van der Waals surface area (Å²) in [6, 6.07) is 10.0. The number of rotatable bonds is 7. The lowest BCUT2D eigenvalue weighted by molar-refractivity contribution is -0.134. The number of aromatic nitrogens is 2. The molecule has 1 saturated carbocycles. The Labute approximate surface area is 214 Å². The molecule has 5 rings (SSSR count). The molecule has 1 aromatic carbocycles. The molecule has 3 aliphatic rings. The topological polar surface area (TPSA) is 79.7 Å². The maximum absolute atomic E-state index is 14.0. The molecule has 1 N–H and O–H groups in total. The van der Waals surface area contributed by atoms with Crippen LogP contribution in [0, 0.1) is 0 Å². The molecule has 194 valence electrons. The number of amides is 2. The smallest absolute Gasteiger partial charge is 0.273 e. The van der Waals surface area contributed by atoms with Gasteiger partial charge in [0.1, 0.15) is 17.0 Å². The first-order valence-corrected chi connectivity index (χ1v) is 13.5. The van der Waals surface area contributed by atoms with E-state index in [0.717, 1.165) is 68.6 Å². The molecule has 0 spiro atoms. The molecule has 2 atom stereocenters. The second-order valence-electron chi connectivity index (χ2n) is 10.7. The summed E-state index contributed by atoms with van der Waals surface area (Å²) in [4.78, 5) is 32.1. The fraction of sp³-hybridized carbons (Fsp3) is 0.607. The van der Waals surface area contributed by atoms with E-state index in [4.69, 9.17) is 9.84 Å². The largest absolute Gasteiger partial charge is 0.497 e. The molecule has 2 aromatic rings. The van der Waals surface area contributed by atoms with E-state index in [9.17, 15) is 9.59 Å². The number of methoxy groups -OCH3 is 1. The van der Waals surface area contributed by atoms with Crippen LogP contribution in [0.15, 0.2) is 30.3 Å². The fourth-order valence-corrected chi connectivity index (χ4v) is 6.15. The number of likely N-dealkylation sites (N-methyl/N-ethyl adjacent to an activating group) is 1. The van der Waals surface area contributed by atoms with Gasteiger partial charge in [0.2, 0.25) is 5.91 Å². The third-order valence-electron chi connectivity index (χ3n) is 8.41. The average molecular weight is 494 g/mol. The quantitative estimate of drug-likeness (QED) is 0.636. The van der Waals surface area contributed by atoms with Gasteiger partial charge in [0, 0.05) is 24.2 Å². The summed E-state index contributed by atoms with van der Waals surface area (Å²) in [6.45, 7) is 7.00. The summed E-state index contributed by atoms with van der Waals surface area (Å²) in [5.41, 5.74) is 1.20. The molecule has 2 aliphatic heterocycles. The maximum atomic E-state index is 14.0. The van der Waals surface area contributed by atoms with Gasteiger partial charge in [-0.3, -0.25) is 19.2 Å². The molecule has 36 heavy (non-hydrogen) atoms. The third kappa shape index (κ3) is 4.63. The Hall–Kier alpha value is -2.87. The maximum Gasteiger partial charge on any atom is 0.273 e. The molecule has 0 bridgehead atoms. The predicted octanol–water partition coefficient (Wildman–Crippen LogP) is 3.71. The molecule has 1 aromatic heterocycles. The van der Waals surface area contributed by atoms with Gasteiger partial charge >= 0.3 is 0 Å². The van der Waals surface area contributed by atoms with Crippen LogP contribution in [0.5, 0.6) is 5.75 Å². The van der Waals surface area contributed by atoms with E-state index in [0.29, 0.717) is 18.8 Å². The van der Waals surface area contributed by atoms with E-state index in [1.807, 2.05) is 42.2 Å². The van der Waals surface area contributed by atoms with Crippen molar-refractivity contribution in [1.29, 1.82) is 0 Å². The lowest BCUT2D eigenvalue weighted by Gasteiger charge is -2.45.